The predicted octanol–water partition coefficient (Wildman–Crippen LogP) is 3.94. The molecule has 1 aliphatic carbocycles. The first-order valence-corrected chi connectivity index (χ1v) is 10.4. The number of Topliss-reactive ketones (excluding diaryl/α,β-unsaturated/α-hetero) is 1. The Kier molecular flexibility index (Phi) is 5.07. The second-order valence-corrected chi connectivity index (χ2v) is 7.84. The van der Waals surface area contributed by atoms with E-state index in [1.165, 1.54) is 0 Å². The minimum absolute atomic E-state index is 0.109. The minimum Gasteiger partial charge on any atom is -0.493 e. The lowest BCUT2D eigenvalue weighted by atomic mass is 9.85. The van der Waals surface area contributed by atoms with Crippen LogP contribution in [-0.4, -0.2) is 33.1 Å². The van der Waals surface area contributed by atoms with Crippen molar-refractivity contribution in [3.63, 3.8) is 0 Å². The van der Waals surface area contributed by atoms with Crippen molar-refractivity contribution in [2.45, 2.75) is 31.9 Å². The van der Waals surface area contributed by atoms with Crippen molar-refractivity contribution in [2.24, 2.45) is 0 Å². The van der Waals surface area contributed by atoms with Gasteiger partial charge in [0.1, 0.15) is 12.6 Å². The topological polar surface area (TPSA) is 91.2 Å². The SMILES string of the molecule is COc1cc(C2C3=C(CCCC3=O)Nc3nnnn32)ccc1OCc1ccccc1Cl. The monoisotopic (exact) mass is 437 g/mol. The van der Waals surface area contributed by atoms with Gasteiger partial charge in [-0.1, -0.05) is 41.0 Å². The number of fused-ring (bicyclic) bond motifs is 1. The first-order chi connectivity index (χ1) is 15.2. The fraction of sp³-hybridized carbons (Fsp3) is 0.273. The Labute approximate surface area is 183 Å². The van der Waals surface area contributed by atoms with E-state index in [1.54, 1.807) is 11.8 Å². The van der Waals surface area contributed by atoms with Crippen molar-refractivity contribution >= 4 is 23.3 Å². The Hall–Kier alpha value is -3.39. The van der Waals surface area contributed by atoms with Gasteiger partial charge in [-0.15, -0.1) is 0 Å². The Morgan fingerprint density at radius 1 is 1.19 bits per heavy atom. The highest BCUT2D eigenvalue weighted by atomic mass is 35.5. The molecule has 2 heterocycles. The van der Waals surface area contributed by atoms with Gasteiger partial charge >= 0.3 is 0 Å². The number of hydrogen-bond donors (Lipinski definition) is 1. The summed E-state index contributed by atoms with van der Waals surface area (Å²) < 4.78 is 13.2. The summed E-state index contributed by atoms with van der Waals surface area (Å²) in [6.07, 6.45) is 2.13. The first-order valence-electron chi connectivity index (χ1n) is 10.0. The molecule has 2 aliphatic rings. The van der Waals surface area contributed by atoms with Crippen LogP contribution < -0.4 is 14.8 Å². The molecule has 0 spiro atoms. The number of methoxy groups -OCH3 is 1. The first kappa shape index (κ1) is 19.6. The zero-order valence-corrected chi connectivity index (χ0v) is 17.6. The highest BCUT2D eigenvalue weighted by Gasteiger charge is 2.36. The molecule has 1 aromatic heterocycles. The number of nitrogens with zero attached hydrogens (tertiary/aromatic N) is 4. The molecule has 158 valence electrons. The molecule has 0 saturated heterocycles. The highest BCUT2D eigenvalue weighted by molar-refractivity contribution is 6.31. The summed E-state index contributed by atoms with van der Waals surface area (Å²) in [5, 5.41) is 15.8. The standard InChI is InChI=1S/C22H20ClN5O3/c1-30-19-11-13(9-10-18(19)31-12-14-5-2-3-6-15(14)23)21-20-16(7-4-8-17(20)29)24-22-25-26-27-28(21)22/h2-3,5-6,9-11,21H,4,7-8,12H2,1H3,(H,24,25,27). The van der Waals surface area contributed by atoms with Gasteiger partial charge in [0.05, 0.1) is 7.11 Å². The quantitative estimate of drug-likeness (QED) is 0.646. The molecule has 1 N–H and O–H groups in total. The molecule has 1 unspecified atom stereocenters. The number of anilines is 1. The summed E-state index contributed by atoms with van der Waals surface area (Å²) in [4.78, 5) is 12.8. The Morgan fingerprint density at radius 3 is 2.90 bits per heavy atom. The van der Waals surface area contributed by atoms with Gasteiger partial charge in [0.2, 0.25) is 5.95 Å². The van der Waals surface area contributed by atoms with Gasteiger partial charge in [0.15, 0.2) is 17.3 Å². The van der Waals surface area contributed by atoms with Gasteiger partial charge in [0.25, 0.3) is 0 Å². The molecular weight excluding hydrogens is 418 g/mol. The number of carbonyl (C=O) groups excluding carboxylic acids is 1. The van der Waals surface area contributed by atoms with Crippen LogP contribution >= 0.6 is 11.6 Å². The number of nitrogens with one attached hydrogen (secondary N) is 1. The number of benzene rings is 2. The van der Waals surface area contributed by atoms with Crippen LogP contribution in [0, 0.1) is 0 Å². The van der Waals surface area contributed by atoms with E-state index in [1.807, 2.05) is 42.5 Å². The number of halogens is 1. The maximum absolute atomic E-state index is 12.8. The van der Waals surface area contributed by atoms with Crippen LogP contribution in [0.25, 0.3) is 0 Å². The maximum Gasteiger partial charge on any atom is 0.248 e. The second-order valence-electron chi connectivity index (χ2n) is 7.43. The van der Waals surface area contributed by atoms with Gasteiger partial charge in [-0.05, 0) is 47.0 Å². The van der Waals surface area contributed by atoms with Crippen molar-refractivity contribution in [1.29, 1.82) is 0 Å². The number of ketones is 1. The maximum atomic E-state index is 12.8. The van der Waals surface area contributed by atoms with E-state index >= 15 is 0 Å². The molecule has 0 bridgehead atoms. The van der Waals surface area contributed by atoms with Gasteiger partial charge in [-0.2, -0.15) is 4.68 Å². The lowest BCUT2D eigenvalue weighted by Gasteiger charge is -2.31. The smallest absolute Gasteiger partial charge is 0.248 e. The van der Waals surface area contributed by atoms with E-state index in [0.717, 1.165) is 29.7 Å². The average molecular weight is 438 g/mol. The van der Waals surface area contributed by atoms with E-state index in [0.29, 0.717) is 41.1 Å². The molecule has 0 saturated carbocycles. The van der Waals surface area contributed by atoms with Gasteiger partial charge in [0, 0.05) is 28.3 Å². The molecule has 1 atom stereocenters. The van der Waals surface area contributed by atoms with Gasteiger partial charge in [-0.25, -0.2) is 0 Å². The molecule has 31 heavy (non-hydrogen) atoms. The lowest BCUT2D eigenvalue weighted by Crippen LogP contribution is -2.31. The van der Waals surface area contributed by atoms with E-state index in [4.69, 9.17) is 21.1 Å². The third-order valence-electron chi connectivity index (χ3n) is 5.57. The number of tetrazole rings is 1. The van der Waals surface area contributed by atoms with Crippen LogP contribution in [0.5, 0.6) is 11.5 Å². The summed E-state index contributed by atoms with van der Waals surface area (Å²) in [5.41, 5.74) is 3.33. The molecule has 5 rings (SSSR count). The van der Waals surface area contributed by atoms with E-state index < -0.39 is 6.04 Å². The normalized spacial score (nSPS) is 17.6. The van der Waals surface area contributed by atoms with Crippen molar-refractivity contribution < 1.29 is 14.3 Å². The molecule has 3 aromatic rings. The summed E-state index contributed by atoms with van der Waals surface area (Å²) >= 11 is 6.23. The van der Waals surface area contributed by atoms with Crippen molar-refractivity contribution in [3.8, 4) is 11.5 Å². The number of allylic oxidation sites excluding steroid dienone is 2. The summed E-state index contributed by atoms with van der Waals surface area (Å²) in [6, 6.07) is 12.7. The minimum atomic E-state index is -0.416. The van der Waals surface area contributed by atoms with Crippen molar-refractivity contribution in [1.82, 2.24) is 20.2 Å². The van der Waals surface area contributed by atoms with Crippen molar-refractivity contribution in [2.75, 3.05) is 12.4 Å². The van der Waals surface area contributed by atoms with E-state index in [-0.39, 0.29) is 5.78 Å². The summed E-state index contributed by atoms with van der Waals surface area (Å²) in [7, 11) is 1.59. The molecule has 2 aromatic carbocycles. The molecule has 9 heteroatoms. The molecule has 0 radical (unpaired) electrons. The van der Waals surface area contributed by atoms with Gasteiger partial charge in [-0.3, -0.25) is 4.79 Å². The average Bonchev–Trinajstić information content (AvgIpc) is 3.25. The van der Waals surface area contributed by atoms with E-state index in [2.05, 4.69) is 20.8 Å². The summed E-state index contributed by atoms with van der Waals surface area (Å²) in [5.74, 6) is 1.78. The van der Waals surface area contributed by atoms with Crippen LogP contribution in [0.4, 0.5) is 5.95 Å². The number of carbonyl (C=O) groups is 1. The van der Waals surface area contributed by atoms with Crippen LogP contribution in [0.15, 0.2) is 53.7 Å². The van der Waals surface area contributed by atoms with Crippen molar-refractivity contribution in [3.05, 3.63) is 69.9 Å². The summed E-state index contributed by atoms with van der Waals surface area (Å²) in [6.45, 7) is 0.313. The Bertz CT molecular complexity index is 1190. The molecule has 0 fully saturated rings. The van der Waals surface area contributed by atoms with Crippen LogP contribution in [0.1, 0.15) is 36.4 Å². The third-order valence-corrected chi connectivity index (χ3v) is 5.94. The zero-order chi connectivity index (χ0) is 21.4. The third kappa shape index (κ3) is 3.53. The lowest BCUT2D eigenvalue weighted by molar-refractivity contribution is -0.116. The number of rotatable bonds is 5. The fourth-order valence-corrected chi connectivity index (χ4v) is 4.26. The Balaban J connectivity index is 1.50. The molecule has 1 aliphatic heterocycles. The zero-order valence-electron chi connectivity index (χ0n) is 16.8. The van der Waals surface area contributed by atoms with Gasteiger partial charge < -0.3 is 14.8 Å². The molecule has 0 amide bonds. The largest absolute Gasteiger partial charge is 0.493 e. The fourth-order valence-electron chi connectivity index (χ4n) is 4.07. The second kappa shape index (κ2) is 8.03. The molecular formula is C22H20ClN5O3. The number of ether oxygens (including phenoxy) is 2. The van der Waals surface area contributed by atoms with Crippen LogP contribution in [0.3, 0.4) is 0 Å². The highest BCUT2D eigenvalue weighted by Crippen LogP contribution is 2.41. The van der Waals surface area contributed by atoms with E-state index in [9.17, 15) is 4.79 Å². The number of aromatic nitrogens is 4. The molecule has 8 nitrogen and oxygen atoms in total. The predicted molar refractivity (Wildman–Crippen MR) is 114 cm³/mol. The van der Waals surface area contributed by atoms with Crippen LogP contribution in [0.2, 0.25) is 5.02 Å². The number of hydrogen-bond acceptors (Lipinski definition) is 7. The Morgan fingerprint density at radius 2 is 2.06 bits per heavy atom. The van der Waals surface area contributed by atoms with Crippen LogP contribution in [-0.2, 0) is 11.4 Å².